The summed E-state index contributed by atoms with van der Waals surface area (Å²) in [5, 5.41) is 1.70. The first kappa shape index (κ1) is 18.4. The lowest BCUT2D eigenvalue weighted by molar-refractivity contribution is 0.0779. The molecule has 0 fully saturated rings. The molecule has 24 heavy (non-hydrogen) atoms. The zero-order chi connectivity index (χ0) is 17.6. The van der Waals surface area contributed by atoms with Crippen molar-refractivity contribution in [1.82, 2.24) is 4.90 Å². The van der Waals surface area contributed by atoms with Gasteiger partial charge in [-0.25, -0.2) is 8.42 Å². The first-order valence-electron chi connectivity index (χ1n) is 7.35. The van der Waals surface area contributed by atoms with E-state index in [2.05, 4.69) is 4.72 Å². The molecule has 8 heteroatoms. The van der Waals surface area contributed by atoms with Gasteiger partial charge in [-0.05, 0) is 36.1 Å². The minimum Gasteiger partial charge on any atom is -0.385 e. The van der Waals surface area contributed by atoms with Gasteiger partial charge in [-0.1, -0.05) is 12.1 Å². The zero-order valence-corrected chi connectivity index (χ0v) is 15.2. The molecule has 2 aromatic rings. The van der Waals surface area contributed by atoms with E-state index in [1.54, 1.807) is 54.8 Å². The van der Waals surface area contributed by atoms with Crippen molar-refractivity contribution in [3.05, 3.63) is 47.3 Å². The van der Waals surface area contributed by atoms with Gasteiger partial charge in [-0.2, -0.15) is 0 Å². The fourth-order valence-electron chi connectivity index (χ4n) is 2.11. The molecule has 1 aromatic carbocycles. The summed E-state index contributed by atoms with van der Waals surface area (Å²) >= 11 is 1.14. The van der Waals surface area contributed by atoms with Crippen molar-refractivity contribution in [2.45, 2.75) is 10.6 Å². The number of nitrogens with one attached hydrogen (secondary N) is 1. The number of benzene rings is 1. The van der Waals surface area contributed by atoms with Crippen LogP contribution in [0.25, 0.3) is 0 Å². The second-order valence-corrected chi connectivity index (χ2v) is 8.05. The van der Waals surface area contributed by atoms with Crippen molar-refractivity contribution in [2.75, 3.05) is 32.0 Å². The number of hydrogen-bond acceptors (Lipinski definition) is 5. The van der Waals surface area contributed by atoms with Gasteiger partial charge in [0.1, 0.15) is 4.21 Å². The summed E-state index contributed by atoms with van der Waals surface area (Å²) in [5.41, 5.74) is 0.792. The monoisotopic (exact) mass is 368 g/mol. The Kier molecular flexibility index (Phi) is 6.36. The largest absolute Gasteiger partial charge is 0.385 e. The van der Waals surface area contributed by atoms with Crippen molar-refractivity contribution in [2.24, 2.45) is 0 Å². The van der Waals surface area contributed by atoms with Gasteiger partial charge >= 0.3 is 0 Å². The van der Waals surface area contributed by atoms with E-state index in [0.717, 1.165) is 17.8 Å². The third-order valence-electron chi connectivity index (χ3n) is 3.31. The lowest BCUT2D eigenvalue weighted by Gasteiger charge is -2.17. The molecule has 0 atom stereocenters. The smallest absolute Gasteiger partial charge is 0.271 e. The first-order chi connectivity index (χ1) is 11.4. The van der Waals surface area contributed by atoms with E-state index < -0.39 is 10.0 Å². The highest BCUT2D eigenvalue weighted by Gasteiger charge is 2.17. The molecule has 6 nitrogen and oxygen atoms in total. The third kappa shape index (κ3) is 4.80. The number of hydrogen-bond donors (Lipinski definition) is 1. The van der Waals surface area contributed by atoms with Gasteiger partial charge in [0.15, 0.2) is 0 Å². The maximum absolute atomic E-state index is 12.4. The summed E-state index contributed by atoms with van der Waals surface area (Å²) < 4.78 is 32.2. The Morgan fingerprint density at radius 1 is 1.29 bits per heavy atom. The second kappa shape index (κ2) is 8.27. The van der Waals surface area contributed by atoms with Crippen molar-refractivity contribution in [3.8, 4) is 0 Å². The highest BCUT2D eigenvalue weighted by Crippen LogP contribution is 2.21. The van der Waals surface area contributed by atoms with Crippen LogP contribution in [0.5, 0.6) is 0 Å². The standard InChI is InChI=1S/C16H20N2O4S2/c1-18(9-5-10-22-2)16(19)13-6-3-7-14(12-13)17-24(20,21)15-8-4-11-23-15/h3-4,6-8,11-12,17H,5,9-10H2,1-2H3. The van der Waals surface area contributed by atoms with E-state index in [9.17, 15) is 13.2 Å². The summed E-state index contributed by atoms with van der Waals surface area (Å²) in [6.45, 7) is 1.15. The van der Waals surface area contributed by atoms with Crippen LogP contribution in [-0.2, 0) is 14.8 Å². The Hall–Kier alpha value is -1.90. The number of methoxy groups -OCH3 is 1. The van der Waals surface area contributed by atoms with Crippen LogP contribution >= 0.6 is 11.3 Å². The predicted octanol–water partition coefficient (Wildman–Crippen LogP) is 2.66. The van der Waals surface area contributed by atoms with Gasteiger partial charge in [0.2, 0.25) is 0 Å². The molecule has 0 unspecified atom stereocenters. The second-order valence-electron chi connectivity index (χ2n) is 5.19. The average Bonchev–Trinajstić information content (AvgIpc) is 3.09. The van der Waals surface area contributed by atoms with Crippen LogP contribution in [0, 0.1) is 0 Å². The molecule has 1 amide bonds. The molecule has 0 aliphatic heterocycles. The van der Waals surface area contributed by atoms with E-state index in [4.69, 9.17) is 4.74 Å². The number of amides is 1. The Bertz CT molecular complexity index is 773. The molecule has 0 radical (unpaired) electrons. The van der Waals surface area contributed by atoms with Gasteiger partial charge in [0.05, 0.1) is 0 Å². The number of nitrogens with zero attached hydrogens (tertiary/aromatic N) is 1. The van der Waals surface area contributed by atoms with Gasteiger partial charge in [-0.3, -0.25) is 9.52 Å². The number of thiophene rings is 1. The molecule has 1 heterocycles. The number of carbonyl (C=O) groups is 1. The van der Waals surface area contributed by atoms with Crippen LogP contribution in [0.15, 0.2) is 46.0 Å². The number of rotatable bonds is 8. The molecule has 0 saturated carbocycles. The fourth-order valence-corrected chi connectivity index (χ4v) is 4.15. The highest BCUT2D eigenvalue weighted by atomic mass is 32.2. The first-order valence-corrected chi connectivity index (χ1v) is 9.71. The topological polar surface area (TPSA) is 75.7 Å². The highest BCUT2D eigenvalue weighted by molar-refractivity contribution is 7.94. The van der Waals surface area contributed by atoms with Crippen LogP contribution in [0.3, 0.4) is 0 Å². The lowest BCUT2D eigenvalue weighted by atomic mass is 10.2. The number of carbonyl (C=O) groups excluding carboxylic acids is 1. The van der Waals surface area contributed by atoms with Crippen molar-refractivity contribution in [1.29, 1.82) is 0 Å². The molecular weight excluding hydrogens is 348 g/mol. The van der Waals surface area contributed by atoms with E-state index in [-0.39, 0.29) is 10.1 Å². The van der Waals surface area contributed by atoms with Gasteiger partial charge in [0, 0.05) is 38.6 Å². The van der Waals surface area contributed by atoms with Crippen molar-refractivity contribution < 1.29 is 17.9 Å². The zero-order valence-electron chi connectivity index (χ0n) is 13.6. The molecule has 1 N–H and O–H groups in total. The third-order valence-corrected chi connectivity index (χ3v) is 6.09. The molecule has 0 saturated heterocycles. The molecule has 1 aromatic heterocycles. The summed E-state index contributed by atoms with van der Waals surface area (Å²) in [6, 6.07) is 9.69. The molecule has 0 aliphatic carbocycles. The molecule has 0 bridgehead atoms. The Balaban J connectivity index is 2.10. The van der Waals surface area contributed by atoms with E-state index >= 15 is 0 Å². The normalized spacial score (nSPS) is 11.2. The molecular formula is C16H20N2O4S2. The molecule has 2 rings (SSSR count). The summed E-state index contributed by atoms with van der Waals surface area (Å²) in [5.74, 6) is -0.164. The van der Waals surface area contributed by atoms with E-state index in [1.165, 1.54) is 6.07 Å². The average molecular weight is 368 g/mol. The Labute approximate surface area is 146 Å². The van der Waals surface area contributed by atoms with Crippen LogP contribution in [0.1, 0.15) is 16.8 Å². The van der Waals surface area contributed by atoms with Crippen LogP contribution in [-0.4, -0.2) is 46.5 Å². The summed E-state index contributed by atoms with van der Waals surface area (Å²) in [7, 11) is -0.298. The fraction of sp³-hybridized carbons (Fsp3) is 0.312. The van der Waals surface area contributed by atoms with E-state index in [0.29, 0.717) is 24.4 Å². The van der Waals surface area contributed by atoms with Crippen LogP contribution in [0.4, 0.5) is 5.69 Å². The summed E-state index contributed by atoms with van der Waals surface area (Å²) in [6.07, 6.45) is 0.740. The maximum Gasteiger partial charge on any atom is 0.271 e. The SMILES string of the molecule is COCCCN(C)C(=O)c1cccc(NS(=O)(=O)c2cccs2)c1. The quantitative estimate of drug-likeness (QED) is 0.727. The number of sulfonamides is 1. The van der Waals surface area contributed by atoms with Gasteiger partial charge < -0.3 is 9.64 Å². The predicted molar refractivity (Wildman–Crippen MR) is 95.0 cm³/mol. The van der Waals surface area contributed by atoms with Crippen LogP contribution < -0.4 is 4.72 Å². The van der Waals surface area contributed by atoms with Gasteiger partial charge in [-0.15, -0.1) is 11.3 Å². The Morgan fingerprint density at radius 3 is 2.75 bits per heavy atom. The van der Waals surface area contributed by atoms with Crippen molar-refractivity contribution >= 4 is 33.0 Å². The lowest BCUT2D eigenvalue weighted by Crippen LogP contribution is -2.28. The number of anilines is 1. The molecule has 0 aliphatic rings. The molecule has 130 valence electrons. The van der Waals surface area contributed by atoms with Crippen molar-refractivity contribution in [3.63, 3.8) is 0 Å². The molecule has 0 spiro atoms. The van der Waals surface area contributed by atoms with Gasteiger partial charge in [0.25, 0.3) is 15.9 Å². The number of ether oxygens (including phenoxy) is 1. The van der Waals surface area contributed by atoms with E-state index in [1.807, 2.05) is 0 Å². The minimum absolute atomic E-state index is 0.164. The maximum atomic E-state index is 12.4. The summed E-state index contributed by atoms with van der Waals surface area (Å²) in [4.78, 5) is 14.0. The van der Waals surface area contributed by atoms with Crippen LogP contribution in [0.2, 0.25) is 0 Å². The minimum atomic E-state index is -3.62. The Morgan fingerprint density at radius 2 is 2.08 bits per heavy atom.